The molecule has 0 atom stereocenters. The molecule has 9 heteroatoms. The quantitative estimate of drug-likeness (QED) is 0.335. The van der Waals surface area contributed by atoms with E-state index < -0.39 is 29.1 Å². The number of nitrogens with one attached hydrogen (secondary N) is 1. The summed E-state index contributed by atoms with van der Waals surface area (Å²) < 4.78 is 34.2. The molecular formula is C27H23F2N3O4. The lowest BCUT2D eigenvalue weighted by Gasteiger charge is -2.43. The van der Waals surface area contributed by atoms with Crippen molar-refractivity contribution in [2.45, 2.75) is 32.8 Å². The maximum Gasteiger partial charge on any atom is 0.317 e. The maximum absolute atomic E-state index is 14.9. The minimum atomic E-state index is -1.40. The second kappa shape index (κ2) is 8.82. The molecule has 1 saturated carbocycles. The molecule has 0 bridgehead atoms. The van der Waals surface area contributed by atoms with Crippen LogP contribution in [0.25, 0.3) is 33.5 Å². The molecule has 0 saturated heterocycles. The number of ether oxygens (including phenoxy) is 1. The van der Waals surface area contributed by atoms with Gasteiger partial charge in [-0.3, -0.25) is 9.59 Å². The number of aromatic nitrogens is 3. The number of H-pyrrole nitrogens is 1. The van der Waals surface area contributed by atoms with E-state index in [1.807, 2.05) is 0 Å². The van der Waals surface area contributed by atoms with Crippen LogP contribution in [0, 0.1) is 23.0 Å². The van der Waals surface area contributed by atoms with Crippen LogP contribution >= 0.6 is 0 Å². The smallest absolute Gasteiger partial charge is 0.317 e. The van der Waals surface area contributed by atoms with Crippen LogP contribution in [0.15, 0.2) is 54.7 Å². The Bertz CT molecular complexity index is 1470. The maximum atomic E-state index is 14.9. The number of aliphatic carboxylic acids is 1. The molecule has 184 valence electrons. The Labute approximate surface area is 205 Å². The largest absolute Gasteiger partial charge is 0.480 e. The van der Waals surface area contributed by atoms with Crippen molar-refractivity contribution >= 4 is 22.8 Å². The predicted octanol–water partition coefficient (Wildman–Crippen LogP) is 5.41. The number of hydrogen-bond acceptors (Lipinski definition) is 5. The Morgan fingerprint density at radius 3 is 2.47 bits per heavy atom. The summed E-state index contributed by atoms with van der Waals surface area (Å²) >= 11 is 0. The highest BCUT2D eigenvalue weighted by atomic mass is 19.1. The molecule has 0 spiro atoms. The van der Waals surface area contributed by atoms with Gasteiger partial charge in [-0.05, 0) is 42.0 Å². The minimum absolute atomic E-state index is 0.101. The summed E-state index contributed by atoms with van der Waals surface area (Å²) in [5, 5.41) is 9.57. The van der Waals surface area contributed by atoms with Crippen LogP contribution in [0.1, 0.15) is 26.7 Å². The van der Waals surface area contributed by atoms with Crippen LogP contribution in [0.5, 0.6) is 5.88 Å². The number of imidazole rings is 1. The number of rotatable bonds is 7. The Hall–Kier alpha value is -4.14. The summed E-state index contributed by atoms with van der Waals surface area (Å²) in [6.45, 7) is 3.38. The van der Waals surface area contributed by atoms with Gasteiger partial charge < -0.3 is 14.8 Å². The Kier molecular flexibility index (Phi) is 5.78. The molecule has 2 aromatic carbocycles. The van der Waals surface area contributed by atoms with E-state index in [1.54, 1.807) is 38.1 Å². The summed E-state index contributed by atoms with van der Waals surface area (Å²) in [5.41, 5.74) is 1.12. The van der Waals surface area contributed by atoms with E-state index in [4.69, 9.17) is 4.74 Å². The SMILES string of the molecule is CC(C)C(=O)C1(C(=O)O)CC(Oc2ccc(-c3ccc(-c4nc5ccc(F)cc5[nH]4)c(F)c3)cn2)C1. The predicted molar refractivity (Wildman–Crippen MR) is 128 cm³/mol. The molecule has 2 heterocycles. The molecule has 36 heavy (non-hydrogen) atoms. The molecule has 0 amide bonds. The van der Waals surface area contributed by atoms with Crippen LogP contribution in [0.3, 0.4) is 0 Å². The van der Waals surface area contributed by atoms with Crippen molar-refractivity contribution in [3.63, 3.8) is 0 Å². The first-order chi connectivity index (χ1) is 17.2. The highest BCUT2D eigenvalue weighted by Crippen LogP contribution is 2.45. The van der Waals surface area contributed by atoms with E-state index in [0.29, 0.717) is 33.9 Å². The van der Waals surface area contributed by atoms with Gasteiger partial charge in [0.05, 0.1) is 16.6 Å². The van der Waals surface area contributed by atoms with Crippen LogP contribution in [-0.2, 0) is 9.59 Å². The van der Waals surface area contributed by atoms with Crippen molar-refractivity contribution in [3.05, 3.63) is 66.4 Å². The molecule has 4 aromatic rings. The number of pyridine rings is 1. The normalized spacial score (nSPS) is 19.3. The van der Waals surface area contributed by atoms with Gasteiger partial charge >= 0.3 is 5.97 Å². The van der Waals surface area contributed by atoms with Gasteiger partial charge in [0.15, 0.2) is 5.78 Å². The number of carbonyl (C=O) groups is 2. The first-order valence-corrected chi connectivity index (χ1v) is 11.5. The zero-order chi connectivity index (χ0) is 25.6. The molecule has 1 fully saturated rings. The number of fused-ring (bicyclic) bond motifs is 1. The van der Waals surface area contributed by atoms with Crippen molar-refractivity contribution in [2.24, 2.45) is 11.3 Å². The average Bonchev–Trinajstić information content (AvgIpc) is 3.23. The molecule has 0 unspecified atom stereocenters. The molecule has 0 aliphatic heterocycles. The van der Waals surface area contributed by atoms with E-state index in [1.165, 1.54) is 30.5 Å². The summed E-state index contributed by atoms with van der Waals surface area (Å²) in [6.07, 6.45) is 1.32. The Morgan fingerprint density at radius 1 is 1.08 bits per heavy atom. The molecular weight excluding hydrogens is 468 g/mol. The van der Waals surface area contributed by atoms with Crippen LogP contribution in [-0.4, -0.2) is 37.9 Å². The average molecular weight is 491 g/mol. The van der Waals surface area contributed by atoms with E-state index in [2.05, 4.69) is 15.0 Å². The van der Waals surface area contributed by atoms with E-state index in [0.717, 1.165) is 0 Å². The summed E-state index contributed by atoms with van der Waals surface area (Å²) in [4.78, 5) is 35.6. The van der Waals surface area contributed by atoms with E-state index >= 15 is 0 Å². The van der Waals surface area contributed by atoms with Gasteiger partial charge in [-0.25, -0.2) is 18.7 Å². The monoisotopic (exact) mass is 491 g/mol. The number of carboxylic acid groups (broad SMARTS) is 1. The van der Waals surface area contributed by atoms with Crippen LogP contribution < -0.4 is 4.74 Å². The molecule has 0 radical (unpaired) electrons. The number of hydrogen-bond donors (Lipinski definition) is 2. The van der Waals surface area contributed by atoms with Gasteiger partial charge in [-0.15, -0.1) is 0 Å². The highest BCUT2D eigenvalue weighted by Gasteiger charge is 2.57. The van der Waals surface area contributed by atoms with Crippen LogP contribution in [0.2, 0.25) is 0 Å². The topological polar surface area (TPSA) is 105 Å². The van der Waals surface area contributed by atoms with Crippen molar-refractivity contribution < 1.29 is 28.2 Å². The fraction of sp³-hybridized carbons (Fsp3) is 0.259. The molecule has 2 aromatic heterocycles. The summed E-state index contributed by atoms with van der Waals surface area (Å²) in [7, 11) is 0. The van der Waals surface area contributed by atoms with Gasteiger partial charge in [0, 0.05) is 36.6 Å². The number of carbonyl (C=O) groups excluding carboxylic acids is 1. The van der Waals surface area contributed by atoms with Gasteiger partial charge in [0.1, 0.15) is 29.0 Å². The Balaban J connectivity index is 1.29. The minimum Gasteiger partial charge on any atom is -0.480 e. The standard InChI is InChI=1S/C27H23F2N3O4/c1-14(2)24(33)27(26(34)35)11-18(12-27)36-23-8-4-16(13-30-23)15-3-6-19(20(29)9-15)25-31-21-7-5-17(28)10-22(21)32-25/h3-10,13-14,18H,11-12H2,1-2H3,(H,31,32)(H,34,35). The van der Waals surface area contributed by atoms with Crippen LogP contribution in [0.4, 0.5) is 8.78 Å². The van der Waals surface area contributed by atoms with Crippen molar-refractivity contribution in [3.8, 4) is 28.4 Å². The second-order valence-electron chi connectivity index (χ2n) is 9.38. The zero-order valence-electron chi connectivity index (χ0n) is 19.6. The first-order valence-electron chi connectivity index (χ1n) is 11.5. The van der Waals surface area contributed by atoms with Gasteiger partial charge in [-0.1, -0.05) is 19.9 Å². The molecule has 7 nitrogen and oxygen atoms in total. The highest BCUT2D eigenvalue weighted by molar-refractivity contribution is 6.05. The summed E-state index contributed by atoms with van der Waals surface area (Å²) in [5.74, 6) is -2.09. The van der Waals surface area contributed by atoms with Crippen molar-refractivity contribution in [2.75, 3.05) is 0 Å². The molecule has 2 N–H and O–H groups in total. The third-order valence-corrected chi connectivity index (χ3v) is 6.58. The van der Waals surface area contributed by atoms with E-state index in [9.17, 15) is 23.5 Å². The number of aromatic amines is 1. The lowest BCUT2D eigenvalue weighted by atomic mass is 9.62. The Morgan fingerprint density at radius 2 is 1.83 bits per heavy atom. The third kappa shape index (κ3) is 4.10. The fourth-order valence-corrected chi connectivity index (χ4v) is 4.62. The van der Waals surface area contributed by atoms with E-state index in [-0.39, 0.29) is 30.1 Å². The van der Waals surface area contributed by atoms with Gasteiger partial charge in [0.2, 0.25) is 5.88 Å². The molecule has 1 aliphatic carbocycles. The lowest BCUT2D eigenvalue weighted by molar-refractivity contribution is -0.169. The summed E-state index contributed by atoms with van der Waals surface area (Å²) in [6, 6.07) is 12.2. The molecule has 1 aliphatic rings. The number of Topliss-reactive ketones (excluding diaryl/α,β-unsaturated/α-hetero) is 1. The second-order valence-corrected chi connectivity index (χ2v) is 9.38. The molecule has 5 rings (SSSR count). The number of ketones is 1. The lowest BCUT2D eigenvalue weighted by Crippen LogP contribution is -2.55. The number of carboxylic acids is 1. The fourth-order valence-electron chi connectivity index (χ4n) is 4.62. The van der Waals surface area contributed by atoms with Gasteiger partial charge in [0.25, 0.3) is 0 Å². The van der Waals surface area contributed by atoms with Crippen molar-refractivity contribution in [1.29, 1.82) is 0 Å². The third-order valence-electron chi connectivity index (χ3n) is 6.58. The van der Waals surface area contributed by atoms with Gasteiger partial charge in [-0.2, -0.15) is 0 Å². The first kappa shape index (κ1) is 23.6. The number of halogens is 2. The number of benzene rings is 2. The van der Waals surface area contributed by atoms with Crippen molar-refractivity contribution in [1.82, 2.24) is 15.0 Å². The zero-order valence-corrected chi connectivity index (χ0v) is 19.6. The number of nitrogens with zero attached hydrogens (tertiary/aromatic N) is 2.